The number of nitrogens with zero attached hydrogens (tertiary/aromatic N) is 5. The maximum absolute atomic E-state index is 13.0. The van der Waals surface area contributed by atoms with Crippen molar-refractivity contribution in [3.63, 3.8) is 0 Å². The molecule has 0 spiro atoms. The van der Waals surface area contributed by atoms with Crippen molar-refractivity contribution < 1.29 is 13.9 Å². The first-order chi connectivity index (χ1) is 16.4. The Kier molecular flexibility index (Phi) is 6.59. The highest BCUT2D eigenvalue weighted by molar-refractivity contribution is 5.70. The molecule has 188 valence electrons. The third-order valence-electron chi connectivity index (χ3n) is 6.22. The van der Waals surface area contributed by atoms with Crippen LogP contribution in [-0.4, -0.2) is 61.7 Å². The smallest absolute Gasteiger partial charge is 0.410 e. The van der Waals surface area contributed by atoms with Gasteiger partial charge in [-0.3, -0.25) is 9.58 Å². The summed E-state index contributed by atoms with van der Waals surface area (Å²) in [5, 5.41) is 19.2. The molecule has 3 heterocycles. The molecule has 10 nitrogen and oxygen atoms in total. The molecule has 1 aliphatic rings. The standard InChI is InChI=1S/C25H35N7O3/c1-16-12-18(14-25(6)15-26-10-11-32(25)23(33)35-24(3,4)5)17(2)19(13-16)28-22-30-29-21(34-22)20-8-9-27-31(20)7/h8-9,12-13,26H,10-11,14-15H2,1-7H3,(H,28,30)/t25-/m0/s1. The van der Waals surface area contributed by atoms with Crippen LogP contribution in [0.5, 0.6) is 0 Å². The Bertz CT molecular complexity index is 1210. The Morgan fingerprint density at radius 1 is 1.29 bits per heavy atom. The lowest BCUT2D eigenvalue weighted by molar-refractivity contribution is -0.00681. The number of carbonyl (C=O) groups is 1. The molecule has 1 fully saturated rings. The van der Waals surface area contributed by atoms with Gasteiger partial charge in [0, 0.05) is 38.6 Å². The molecule has 1 aromatic carbocycles. The van der Waals surface area contributed by atoms with Crippen LogP contribution in [0.1, 0.15) is 44.4 Å². The molecule has 0 saturated carbocycles. The van der Waals surface area contributed by atoms with Crippen LogP contribution in [0.3, 0.4) is 0 Å². The second kappa shape index (κ2) is 9.33. The number of hydrogen-bond acceptors (Lipinski definition) is 8. The number of aromatic nitrogens is 4. The predicted molar refractivity (Wildman–Crippen MR) is 134 cm³/mol. The van der Waals surface area contributed by atoms with Gasteiger partial charge in [0.2, 0.25) is 0 Å². The summed E-state index contributed by atoms with van der Waals surface area (Å²) in [5.74, 6) is 0.395. The zero-order chi connectivity index (χ0) is 25.4. The van der Waals surface area contributed by atoms with Crippen molar-refractivity contribution in [2.45, 2.75) is 59.1 Å². The van der Waals surface area contributed by atoms with E-state index in [1.54, 1.807) is 10.9 Å². The molecule has 1 aliphatic heterocycles. The second-order valence-electron chi connectivity index (χ2n) is 10.5. The zero-order valence-corrected chi connectivity index (χ0v) is 21.6. The molecule has 1 atom stereocenters. The molecular formula is C25H35N7O3. The summed E-state index contributed by atoms with van der Waals surface area (Å²) in [7, 11) is 1.82. The Balaban J connectivity index is 1.58. The molecule has 2 N–H and O–H groups in total. The molecule has 0 bridgehead atoms. The van der Waals surface area contributed by atoms with E-state index < -0.39 is 11.1 Å². The fourth-order valence-corrected chi connectivity index (χ4v) is 4.43. The number of carbonyl (C=O) groups excluding carboxylic acids is 1. The van der Waals surface area contributed by atoms with E-state index in [1.807, 2.05) is 38.8 Å². The van der Waals surface area contributed by atoms with Crippen molar-refractivity contribution in [2.75, 3.05) is 25.0 Å². The minimum absolute atomic E-state index is 0.279. The number of aryl methyl sites for hydroxylation is 2. The number of anilines is 2. The highest BCUT2D eigenvalue weighted by atomic mass is 16.6. The average molecular weight is 482 g/mol. The van der Waals surface area contributed by atoms with Crippen molar-refractivity contribution in [1.82, 2.24) is 30.2 Å². The quantitative estimate of drug-likeness (QED) is 0.563. The Morgan fingerprint density at radius 3 is 2.74 bits per heavy atom. The van der Waals surface area contributed by atoms with Gasteiger partial charge in [0.1, 0.15) is 11.3 Å². The SMILES string of the molecule is Cc1cc(C[C@@]2(C)CNCCN2C(=O)OC(C)(C)C)c(C)c(Nc2nnc(-c3ccnn3C)o2)c1. The van der Waals surface area contributed by atoms with E-state index in [0.717, 1.165) is 34.6 Å². The minimum atomic E-state index is -0.544. The van der Waals surface area contributed by atoms with E-state index in [-0.39, 0.29) is 6.09 Å². The van der Waals surface area contributed by atoms with Gasteiger partial charge in [-0.2, -0.15) is 5.10 Å². The summed E-state index contributed by atoms with van der Waals surface area (Å²) in [4.78, 5) is 14.9. The highest BCUT2D eigenvalue weighted by Crippen LogP contribution is 2.31. The summed E-state index contributed by atoms with van der Waals surface area (Å²) in [6.07, 6.45) is 2.08. The van der Waals surface area contributed by atoms with Crippen molar-refractivity contribution in [1.29, 1.82) is 0 Å². The summed E-state index contributed by atoms with van der Waals surface area (Å²) in [5.41, 5.74) is 3.94. The predicted octanol–water partition coefficient (Wildman–Crippen LogP) is 3.97. The molecule has 10 heteroatoms. The van der Waals surface area contributed by atoms with E-state index in [0.29, 0.717) is 31.4 Å². The first kappa shape index (κ1) is 24.7. The lowest BCUT2D eigenvalue weighted by Gasteiger charge is -2.45. The molecule has 35 heavy (non-hydrogen) atoms. The van der Waals surface area contributed by atoms with Crippen LogP contribution in [-0.2, 0) is 18.2 Å². The maximum Gasteiger partial charge on any atom is 0.410 e. The number of ether oxygens (including phenoxy) is 1. The van der Waals surface area contributed by atoms with Gasteiger partial charge in [0.15, 0.2) is 0 Å². The molecular weight excluding hydrogens is 446 g/mol. The Hall–Kier alpha value is -3.40. The molecule has 0 radical (unpaired) electrons. The van der Waals surface area contributed by atoms with Crippen LogP contribution in [0, 0.1) is 13.8 Å². The number of piperazine rings is 1. The Morgan fingerprint density at radius 2 is 2.06 bits per heavy atom. The van der Waals surface area contributed by atoms with Gasteiger partial charge in [0.25, 0.3) is 5.89 Å². The van der Waals surface area contributed by atoms with Gasteiger partial charge >= 0.3 is 12.1 Å². The summed E-state index contributed by atoms with van der Waals surface area (Å²) in [6, 6.07) is 6.35. The average Bonchev–Trinajstić information content (AvgIpc) is 3.38. The monoisotopic (exact) mass is 481 g/mol. The maximum atomic E-state index is 13.0. The number of amides is 1. The lowest BCUT2D eigenvalue weighted by Crippen LogP contribution is -2.63. The van der Waals surface area contributed by atoms with Crippen LogP contribution in [0.15, 0.2) is 28.8 Å². The fraction of sp³-hybridized carbons (Fsp3) is 0.520. The van der Waals surface area contributed by atoms with E-state index in [9.17, 15) is 4.79 Å². The summed E-state index contributed by atoms with van der Waals surface area (Å²) in [6.45, 7) is 13.9. The van der Waals surface area contributed by atoms with Crippen LogP contribution in [0.25, 0.3) is 11.6 Å². The van der Waals surface area contributed by atoms with Gasteiger partial charge in [-0.15, -0.1) is 5.10 Å². The number of benzene rings is 1. The van der Waals surface area contributed by atoms with E-state index >= 15 is 0 Å². The minimum Gasteiger partial charge on any atom is -0.444 e. The van der Waals surface area contributed by atoms with Crippen LogP contribution >= 0.6 is 0 Å². The topological polar surface area (TPSA) is 110 Å². The van der Waals surface area contributed by atoms with Gasteiger partial charge in [-0.25, -0.2) is 4.79 Å². The Labute approximate surface area is 206 Å². The number of nitrogens with one attached hydrogen (secondary N) is 2. The van der Waals surface area contributed by atoms with Crippen molar-refractivity contribution >= 4 is 17.8 Å². The van der Waals surface area contributed by atoms with Crippen LogP contribution in [0.4, 0.5) is 16.5 Å². The molecule has 0 unspecified atom stereocenters. The first-order valence-corrected chi connectivity index (χ1v) is 11.9. The second-order valence-corrected chi connectivity index (χ2v) is 10.5. The third kappa shape index (κ3) is 5.48. The van der Waals surface area contributed by atoms with Crippen LogP contribution in [0.2, 0.25) is 0 Å². The van der Waals surface area contributed by atoms with Crippen LogP contribution < -0.4 is 10.6 Å². The van der Waals surface area contributed by atoms with Crippen molar-refractivity contribution in [3.8, 4) is 11.6 Å². The zero-order valence-electron chi connectivity index (χ0n) is 21.6. The first-order valence-electron chi connectivity index (χ1n) is 11.9. The molecule has 4 rings (SSSR count). The fourth-order valence-electron chi connectivity index (χ4n) is 4.43. The van der Waals surface area contributed by atoms with E-state index in [2.05, 4.69) is 58.8 Å². The molecule has 0 aliphatic carbocycles. The van der Waals surface area contributed by atoms with Gasteiger partial charge in [-0.1, -0.05) is 11.2 Å². The third-order valence-corrected chi connectivity index (χ3v) is 6.22. The van der Waals surface area contributed by atoms with E-state index in [1.165, 1.54) is 0 Å². The summed E-state index contributed by atoms with van der Waals surface area (Å²) < 4.78 is 13.2. The van der Waals surface area contributed by atoms with Gasteiger partial charge < -0.3 is 19.8 Å². The lowest BCUT2D eigenvalue weighted by atomic mass is 9.86. The molecule has 1 amide bonds. The number of hydrogen-bond donors (Lipinski definition) is 2. The number of rotatable bonds is 5. The molecule has 2 aromatic heterocycles. The van der Waals surface area contributed by atoms with E-state index in [4.69, 9.17) is 9.15 Å². The molecule has 1 saturated heterocycles. The van der Waals surface area contributed by atoms with Gasteiger partial charge in [0.05, 0.1) is 5.54 Å². The normalized spacial score (nSPS) is 18.5. The van der Waals surface area contributed by atoms with Crippen molar-refractivity contribution in [3.05, 3.63) is 41.1 Å². The van der Waals surface area contributed by atoms with Gasteiger partial charge in [-0.05, 0) is 76.8 Å². The molecule has 3 aromatic rings. The summed E-state index contributed by atoms with van der Waals surface area (Å²) >= 11 is 0. The largest absolute Gasteiger partial charge is 0.444 e. The van der Waals surface area contributed by atoms with Crippen molar-refractivity contribution in [2.24, 2.45) is 7.05 Å². The highest BCUT2D eigenvalue weighted by Gasteiger charge is 2.40.